The summed E-state index contributed by atoms with van der Waals surface area (Å²) in [4.78, 5) is 0. The molecule has 0 aliphatic heterocycles. The summed E-state index contributed by atoms with van der Waals surface area (Å²) < 4.78 is 0. The molecule has 5 heteroatoms. The molecular weight excluding hydrogens is 357 g/mol. The molecule has 0 aromatic rings. The van der Waals surface area contributed by atoms with Crippen LogP contribution in [0, 0.1) is 26.2 Å². The average Bonchev–Trinajstić information content (AvgIpc) is 1.62. The first kappa shape index (κ1) is 33.9. The molecule has 0 amide bonds. The van der Waals surface area contributed by atoms with Gasteiger partial charge in [0.25, 0.3) is 0 Å². The summed E-state index contributed by atoms with van der Waals surface area (Å²) in [5.74, 6) is 0. The van der Waals surface area contributed by atoms with Gasteiger partial charge in [-0.25, -0.2) is 0 Å². The van der Waals surface area contributed by atoms with Crippen molar-refractivity contribution in [2.45, 2.75) is 78.6 Å². The fourth-order valence-electron chi connectivity index (χ4n) is 0. The predicted octanol–water partition coefficient (Wildman–Crippen LogP) is 6.79. The van der Waals surface area contributed by atoms with E-state index in [0.29, 0.717) is 0 Å². The topological polar surface area (TPSA) is 0 Å². The van der Waals surface area contributed by atoms with Gasteiger partial charge in [-0.2, -0.15) is 0 Å². The molecule has 0 aliphatic rings. The van der Waals surface area contributed by atoms with Gasteiger partial charge >= 0.3 is 17.4 Å². The van der Waals surface area contributed by atoms with Gasteiger partial charge in [-0.05, 0) is 0 Å². The van der Waals surface area contributed by atoms with E-state index in [1.54, 1.807) is 0 Å². The second-order valence-electron chi connectivity index (χ2n) is 10.2. The summed E-state index contributed by atoms with van der Waals surface area (Å²) in [6.45, 7) is 42.2. The van der Waals surface area contributed by atoms with E-state index in [9.17, 15) is 0 Å². The average molecular weight is 401 g/mol. The molecule has 0 rings (SSSR count). The third-order valence-electron chi connectivity index (χ3n) is 0. The Morgan fingerprint density at radius 1 is 0.333 bits per heavy atom. The van der Waals surface area contributed by atoms with Crippen LogP contribution >= 0.6 is 0 Å². The molecule has 128 valence electrons. The molecule has 0 heterocycles. The van der Waals surface area contributed by atoms with Gasteiger partial charge in [0.15, 0.2) is 0 Å². The Morgan fingerprint density at radius 2 is 0.333 bits per heavy atom. The summed E-state index contributed by atoms with van der Waals surface area (Å²) in [7, 11) is -3.44. The summed E-state index contributed by atoms with van der Waals surface area (Å²) >= 11 is 0. The second kappa shape index (κ2) is 13.8. The predicted molar refractivity (Wildman–Crippen MR) is 115 cm³/mol. The Kier molecular flexibility index (Phi) is 22.3. The van der Waals surface area contributed by atoms with E-state index in [1.165, 1.54) is 0 Å². The Balaban J connectivity index is -0.0000000533. The minimum Gasteiger partial charge on any atom is -0.342 e. The SMILES string of the molecule is [CH2-][Si](C)(C)C.[CH2-][Si](C)(C)C.[CH2-][Si](C)(C)C.[CH2-][Si](C)(C)C.[Cr+6]. The molecule has 0 atom stereocenters. The molecule has 0 aromatic carbocycles. The molecule has 0 fully saturated rings. The molecular formula is C16H44CrSi4+2. The number of hydrogen-bond acceptors (Lipinski definition) is 0. The van der Waals surface area contributed by atoms with Crippen molar-refractivity contribution in [3.8, 4) is 0 Å². The fourth-order valence-corrected chi connectivity index (χ4v) is 0. The fraction of sp³-hybridized carbons (Fsp3) is 0.750. The zero-order valence-corrected chi connectivity index (χ0v) is 22.5. The van der Waals surface area contributed by atoms with Gasteiger partial charge in [-0.1, -0.05) is 78.6 Å². The Morgan fingerprint density at radius 3 is 0.333 bits per heavy atom. The first-order chi connectivity index (χ1) is 8.00. The van der Waals surface area contributed by atoms with Crippen molar-refractivity contribution in [2.24, 2.45) is 0 Å². The minimum absolute atomic E-state index is 0. The molecule has 0 aromatic heterocycles. The molecule has 0 aliphatic carbocycles. The molecule has 0 saturated carbocycles. The van der Waals surface area contributed by atoms with E-state index >= 15 is 0 Å². The van der Waals surface area contributed by atoms with Crippen LogP contribution in [0.1, 0.15) is 0 Å². The van der Waals surface area contributed by atoms with Crippen molar-refractivity contribution in [3.05, 3.63) is 26.2 Å². The van der Waals surface area contributed by atoms with E-state index in [1.807, 2.05) is 0 Å². The smallest absolute Gasteiger partial charge is 0.342 e. The number of hydrogen-bond donors (Lipinski definition) is 0. The molecule has 0 spiro atoms. The van der Waals surface area contributed by atoms with Crippen LogP contribution in [0.4, 0.5) is 0 Å². The maximum absolute atomic E-state index is 3.91. The van der Waals surface area contributed by atoms with E-state index in [0.717, 1.165) is 0 Å². The van der Waals surface area contributed by atoms with Gasteiger partial charge in [-0.15, -0.1) is 32.3 Å². The van der Waals surface area contributed by atoms with Crippen LogP contribution in [0.5, 0.6) is 0 Å². The van der Waals surface area contributed by atoms with Crippen LogP contribution in [-0.2, 0) is 17.4 Å². The van der Waals surface area contributed by atoms with Crippen molar-refractivity contribution in [3.63, 3.8) is 0 Å². The summed E-state index contributed by atoms with van der Waals surface area (Å²) in [5.41, 5.74) is 0. The zero-order chi connectivity index (χ0) is 18.0. The standard InChI is InChI=1S/4C4H11Si.Cr/c4*1-5(2,3)4;/h4*1H2,2-4H3;/q4*-1;+6. The largest absolute Gasteiger partial charge is 6.00 e. The van der Waals surface area contributed by atoms with E-state index < -0.39 is 32.3 Å². The summed E-state index contributed by atoms with van der Waals surface area (Å²) in [6, 6.07) is 0. The van der Waals surface area contributed by atoms with Gasteiger partial charge in [0.05, 0.1) is 0 Å². The monoisotopic (exact) mass is 400 g/mol. The maximum atomic E-state index is 3.91. The molecule has 21 heavy (non-hydrogen) atoms. The van der Waals surface area contributed by atoms with Crippen LogP contribution in [-0.4, -0.2) is 32.3 Å². The first-order valence-electron chi connectivity index (χ1n) is 7.41. The zero-order valence-electron chi connectivity index (χ0n) is 17.2. The summed E-state index contributed by atoms with van der Waals surface area (Å²) in [6.07, 6.45) is 0. The van der Waals surface area contributed by atoms with Crippen LogP contribution < -0.4 is 0 Å². The van der Waals surface area contributed by atoms with Gasteiger partial charge < -0.3 is 26.2 Å². The van der Waals surface area contributed by atoms with Gasteiger partial charge in [-0.3, -0.25) is 0 Å². The first-order valence-corrected chi connectivity index (χ1v) is 22.2. The van der Waals surface area contributed by atoms with Crippen molar-refractivity contribution in [1.29, 1.82) is 0 Å². The van der Waals surface area contributed by atoms with Crippen molar-refractivity contribution in [1.82, 2.24) is 0 Å². The minimum atomic E-state index is -0.861. The second-order valence-corrected chi connectivity index (χ2v) is 30.7. The third-order valence-corrected chi connectivity index (χ3v) is 0. The molecule has 0 radical (unpaired) electrons. The quantitative estimate of drug-likeness (QED) is 0.310. The van der Waals surface area contributed by atoms with Gasteiger partial charge in [0.1, 0.15) is 0 Å². The normalized spacial score (nSPS) is 11.4. The third kappa shape index (κ3) is 4110. The van der Waals surface area contributed by atoms with Crippen molar-refractivity contribution < 1.29 is 17.4 Å². The van der Waals surface area contributed by atoms with Crippen LogP contribution in [0.3, 0.4) is 0 Å². The van der Waals surface area contributed by atoms with Crippen LogP contribution in [0.2, 0.25) is 78.6 Å². The molecule has 0 unspecified atom stereocenters. The number of rotatable bonds is 0. The Labute approximate surface area is 154 Å². The Hall–Kier alpha value is 1.40. The van der Waals surface area contributed by atoms with Crippen molar-refractivity contribution >= 4 is 32.3 Å². The van der Waals surface area contributed by atoms with E-state index in [4.69, 9.17) is 0 Å². The van der Waals surface area contributed by atoms with Crippen molar-refractivity contribution in [2.75, 3.05) is 0 Å². The van der Waals surface area contributed by atoms with Crippen LogP contribution in [0.15, 0.2) is 0 Å². The van der Waals surface area contributed by atoms with Gasteiger partial charge in [0, 0.05) is 0 Å². The summed E-state index contributed by atoms with van der Waals surface area (Å²) in [5, 5.41) is 0. The van der Waals surface area contributed by atoms with Gasteiger partial charge in [0.2, 0.25) is 0 Å². The molecule has 0 N–H and O–H groups in total. The molecule has 0 nitrogen and oxygen atoms in total. The molecule has 0 saturated heterocycles. The molecule has 0 bridgehead atoms. The maximum Gasteiger partial charge on any atom is 6.00 e. The van der Waals surface area contributed by atoms with E-state index in [-0.39, 0.29) is 17.4 Å². The van der Waals surface area contributed by atoms with Crippen LogP contribution in [0.25, 0.3) is 0 Å². The van der Waals surface area contributed by atoms with E-state index in [2.05, 4.69) is 105 Å². The Bertz CT molecular complexity index is 130.